The molecular formula is C16H14NO2-. The summed E-state index contributed by atoms with van der Waals surface area (Å²) in [6.07, 6.45) is 0. The third kappa shape index (κ3) is 1.66. The smallest absolute Gasteiger partial charge is 0.130 e. The highest BCUT2D eigenvalue weighted by molar-refractivity contribution is 5.50. The van der Waals surface area contributed by atoms with E-state index in [0.717, 1.165) is 22.6 Å². The fourth-order valence-electron chi connectivity index (χ4n) is 3.28. The van der Waals surface area contributed by atoms with Gasteiger partial charge in [-0.2, -0.15) is 0 Å². The first-order valence-corrected chi connectivity index (χ1v) is 6.61. The molecule has 0 aliphatic carbocycles. The summed E-state index contributed by atoms with van der Waals surface area (Å²) in [6, 6.07) is 16.1. The normalized spacial score (nSPS) is 24.9. The van der Waals surface area contributed by atoms with Crippen LogP contribution in [-0.2, 0) is 0 Å². The van der Waals surface area contributed by atoms with E-state index in [1.54, 1.807) is 0 Å². The van der Waals surface area contributed by atoms with Crippen molar-refractivity contribution in [3.8, 4) is 11.5 Å². The minimum absolute atomic E-state index is 0.234. The van der Waals surface area contributed by atoms with E-state index in [1.165, 1.54) is 5.06 Å². The summed E-state index contributed by atoms with van der Waals surface area (Å²) in [4.78, 5) is 0. The lowest BCUT2D eigenvalue weighted by Crippen LogP contribution is -2.11. The van der Waals surface area contributed by atoms with Gasteiger partial charge >= 0.3 is 0 Å². The molecule has 3 nitrogen and oxygen atoms in total. The molecule has 96 valence electrons. The lowest BCUT2D eigenvalue weighted by molar-refractivity contribution is 0.442. The highest BCUT2D eigenvalue weighted by Crippen LogP contribution is 2.49. The molecule has 4 rings (SSSR count). The number of hydrogen-bond donors (Lipinski definition) is 0. The van der Waals surface area contributed by atoms with Crippen LogP contribution in [0.15, 0.2) is 48.5 Å². The van der Waals surface area contributed by atoms with Crippen LogP contribution < -0.4 is 4.74 Å². The second-order valence-corrected chi connectivity index (χ2v) is 5.24. The Bertz CT molecular complexity index is 572. The molecule has 3 heteroatoms. The van der Waals surface area contributed by atoms with Crippen molar-refractivity contribution in [1.29, 1.82) is 0 Å². The third-order valence-corrected chi connectivity index (χ3v) is 4.14. The van der Waals surface area contributed by atoms with E-state index in [4.69, 9.17) is 4.74 Å². The number of ether oxygens (including phenoxy) is 1. The molecule has 2 aromatic rings. The molecule has 2 aromatic carbocycles. The summed E-state index contributed by atoms with van der Waals surface area (Å²) in [7, 11) is 0. The van der Waals surface area contributed by atoms with Crippen molar-refractivity contribution >= 4 is 0 Å². The van der Waals surface area contributed by atoms with Crippen molar-refractivity contribution in [3.05, 3.63) is 64.9 Å². The topological polar surface area (TPSA) is 35.5 Å². The minimum atomic E-state index is 0.234. The summed E-state index contributed by atoms with van der Waals surface area (Å²) < 4.78 is 6.05. The number of nitrogens with zero attached hydrogens (tertiary/aromatic N) is 1. The zero-order chi connectivity index (χ0) is 12.8. The van der Waals surface area contributed by atoms with Gasteiger partial charge in [0, 0.05) is 11.8 Å². The highest BCUT2D eigenvalue weighted by atomic mass is 16.5. The SMILES string of the molecule is [O-]N1CC2c3ccccc3Oc3ccccc3C2C1. The van der Waals surface area contributed by atoms with Crippen molar-refractivity contribution in [1.82, 2.24) is 5.06 Å². The molecule has 1 saturated heterocycles. The van der Waals surface area contributed by atoms with Gasteiger partial charge in [-0.15, -0.1) is 0 Å². The van der Waals surface area contributed by atoms with E-state index in [-0.39, 0.29) is 11.8 Å². The lowest BCUT2D eigenvalue weighted by atomic mass is 9.84. The number of rotatable bonds is 0. The molecule has 0 aromatic heterocycles. The van der Waals surface area contributed by atoms with E-state index in [1.807, 2.05) is 36.4 Å². The molecule has 0 radical (unpaired) electrons. The standard InChI is InChI=1S/C16H14NO2/c18-17-9-13-11-5-1-3-7-15(11)19-16-8-4-2-6-12(16)14(13)10-17/h1-8,13-14H,9-10H2/q-1. The fourth-order valence-corrected chi connectivity index (χ4v) is 3.28. The van der Waals surface area contributed by atoms with Crippen LogP contribution in [0.5, 0.6) is 11.5 Å². The largest absolute Gasteiger partial charge is 0.785 e. The third-order valence-electron chi connectivity index (χ3n) is 4.14. The molecule has 2 heterocycles. The van der Waals surface area contributed by atoms with E-state index >= 15 is 0 Å². The van der Waals surface area contributed by atoms with Gasteiger partial charge in [-0.25, -0.2) is 0 Å². The first-order chi connectivity index (χ1) is 9.33. The van der Waals surface area contributed by atoms with Crippen molar-refractivity contribution in [2.24, 2.45) is 0 Å². The Labute approximate surface area is 112 Å². The maximum absolute atomic E-state index is 11.8. The summed E-state index contributed by atoms with van der Waals surface area (Å²) in [6.45, 7) is 1.11. The van der Waals surface area contributed by atoms with Crippen molar-refractivity contribution < 1.29 is 4.74 Å². The molecule has 19 heavy (non-hydrogen) atoms. The Kier molecular flexibility index (Phi) is 2.37. The quantitative estimate of drug-likeness (QED) is 0.720. The zero-order valence-electron chi connectivity index (χ0n) is 10.5. The van der Waals surface area contributed by atoms with Crippen LogP contribution in [0.1, 0.15) is 23.0 Å². The molecule has 0 saturated carbocycles. The summed E-state index contributed by atoms with van der Waals surface area (Å²) >= 11 is 0. The lowest BCUT2D eigenvalue weighted by Gasteiger charge is -2.22. The molecule has 2 aliphatic heterocycles. The minimum Gasteiger partial charge on any atom is -0.785 e. The molecule has 1 fully saturated rings. The predicted octanol–water partition coefficient (Wildman–Crippen LogP) is 3.47. The van der Waals surface area contributed by atoms with Gasteiger partial charge in [0.05, 0.1) is 0 Å². The average molecular weight is 252 g/mol. The van der Waals surface area contributed by atoms with Crippen LogP contribution in [0.25, 0.3) is 0 Å². The molecule has 0 N–H and O–H groups in total. The number of fused-ring (bicyclic) bond motifs is 5. The van der Waals surface area contributed by atoms with Gasteiger partial charge in [-0.3, -0.25) is 0 Å². The molecule has 2 unspecified atom stereocenters. The molecule has 0 amide bonds. The molecule has 0 spiro atoms. The van der Waals surface area contributed by atoms with Crippen molar-refractivity contribution in [2.45, 2.75) is 11.8 Å². The first-order valence-electron chi connectivity index (χ1n) is 6.61. The van der Waals surface area contributed by atoms with E-state index in [9.17, 15) is 5.21 Å². The molecular weight excluding hydrogens is 238 g/mol. The van der Waals surface area contributed by atoms with E-state index in [0.29, 0.717) is 13.1 Å². The van der Waals surface area contributed by atoms with Gasteiger partial charge in [0.2, 0.25) is 0 Å². The Morgan fingerprint density at radius 1 is 0.842 bits per heavy atom. The van der Waals surface area contributed by atoms with Crippen LogP contribution in [0, 0.1) is 5.21 Å². The number of para-hydroxylation sites is 2. The average Bonchev–Trinajstić information content (AvgIpc) is 2.76. The Hall–Kier alpha value is -1.84. The molecule has 2 aliphatic rings. The summed E-state index contributed by atoms with van der Waals surface area (Å²) in [5.41, 5.74) is 2.31. The monoisotopic (exact) mass is 252 g/mol. The van der Waals surface area contributed by atoms with Crippen molar-refractivity contribution in [2.75, 3.05) is 13.1 Å². The number of benzene rings is 2. The molecule has 2 atom stereocenters. The van der Waals surface area contributed by atoms with Crippen LogP contribution in [0.3, 0.4) is 0 Å². The number of hydroxylamine groups is 2. The zero-order valence-corrected chi connectivity index (χ0v) is 10.5. The summed E-state index contributed by atoms with van der Waals surface area (Å²) in [5.74, 6) is 2.24. The fraction of sp³-hybridized carbons (Fsp3) is 0.250. The first kappa shape index (κ1) is 11.0. The Morgan fingerprint density at radius 2 is 1.32 bits per heavy atom. The van der Waals surface area contributed by atoms with Gasteiger partial charge in [-0.05, 0) is 36.3 Å². The molecule has 0 bridgehead atoms. The van der Waals surface area contributed by atoms with Crippen LogP contribution >= 0.6 is 0 Å². The second-order valence-electron chi connectivity index (χ2n) is 5.24. The van der Waals surface area contributed by atoms with Gasteiger partial charge < -0.3 is 15.0 Å². The van der Waals surface area contributed by atoms with Crippen LogP contribution in [0.2, 0.25) is 0 Å². The van der Waals surface area contributed by atoms with Gasteiger partial charge in [0.1, 0.15) is 11.5 Å². The van der Waals surface area contributed by atoms with Crippen LogP contribution in [0.4, 0.5) is 0 Å². The Morgan fingerprint density at radius 3 is 1.84 bits per heavy atom. The van der Waals surface area contributed by atoms with E-state index < -0.39 is 0 Å². The van der Waals surface area contributed by atoms with Crippen molar-refractivity contribution in [3.63, 3.8) is 0 Å². The predicted molar refractivity (Wildman–Crippen MR) is 73.4 cm³/mol. The van der Waals surface area contributed by atoms with Gasteiger partial charge in [0.15, 0.2) is 0 Å². The van der Waals surface area contributed by atoms with E-state index in [2.05, 4.69) is 12.1 Å². The van der Waals surface area contributed by atoms with Crippen LogP contribution in [-0.4, -0.2) is 18.2 Å². The number of hydrogen-bond acceptors (Lipinski definition) is 3. The second kappa shape index (κ2) is 4.08. The Balaban J connectivity index is 1.93. The summed E-state index contributed by atoms with van der Waals surface area (Å²) in [5, 5.41) is 13.0. The highest BCUT2D eigenvalue weighted by Gasteiger charge is 2.36. The van der Waals surface area contributed by atoms with Gasteiger partial charge in [0.25, 0.3) is 0 Å². The maximum atomic E-state index is 11.8. The van der Waals surface area contributed by atoms with Gasteiger partial charge in [-0.1, -0.05) is 36.4 Å². The maximum Gasteiger partial charge on any atom is 0.130 e.